The molecule has 7 heteroatoms. The molecule has 1 aliphatic heterocycles. The van der Waals surface area contributed by atoms with Gasteiger partial charge < -0.3 is 0 Å². The first-order valence-corrected chi connectivity index (χ1v) is 6.24. The van der Waals surface area contributed by atoms with E-state index < -0.39 is 19.6 Å². The molecule has 6 nitrogen and oxygen atoms in total. The largest absolute Gasteiger partial charge is 0.444 e. The van der Waals surface area contributed by atoms with Crippen LogP contribution in [0.1, 0.15) is 20.7 Å². The number of fused-ring (bicyclic) bond motifs is 1. The van der Waals surface area contributed by atoms with Crippen LogP contribution in [-0.4, -0.2) is 30.7 Å². The van der Waals surface area contributed by atoms with Crippen molar-refractivity contribution < 1.29 is 23.2 Å². The second kappa shape index (κ2) is 4.07. The lowest BCUT2D eigenvalue weighted by Gasteiger charge is -2.21. The molecule has 0 bridgehead atoms. The summed E-state index contributed by atoms with van der Waals surface area (Å²) in [5, 5.41) is 0. The molecule has 0 aromatic heterocycles. The van der Waals surface area contributed by atoms with Crippen molar-refractivity contribution in [3.63, 3.8) is 0 Å². The smallest absolute Gasteiger partial charge is 0.295 e. The third kappa shape index (κ3) is 1.61. The lowest BCUT2D eigenvalue weighted by atomic mass is 10.1. The normalized spacial score (nSPS) is 15.3. The van der Waals surface area contributed by atoms with E-state index in [1.807, 2.05) is 0 Å². The van der Waals surface area contributed by atoms with Gasteiger partial charge >= 0.3 is 7.75 Å². The fourth-order valence-corrected chi connectivity index (χ4v) is 2.77. The first-order valence-electron chi connectivity index (χ1n) is 4.75. The minimum absolute atomic E-state index is 0.201. The molecule has 1 aliphatic rings. The number of rotatable bonds is 3. The van der Waals surface area contributed by atoms with Crippen LogP contribution < -0.4 is 0 Å². The highest BCUT2D eigenvalue weighted by molar-refractivity contribution is 7.53. The Morgan fingerprint density at radius 1 is 1.00 bits per heavy atom. The minimum atomic E-state index is -3.89. The molecule has 17 heavy (non-hydrogen) atoms. The van der Waals surface area contributed by atoms with Crippen molar-refractivity contribution in [1.29, 1.82) is 0 Å². The number of hydrogen-bond donors (Lipinski definition) is 0. The van der Waals surface area contributed by atoms with Gasteiger partial charge in [-0.25, -0.2) is 4.57 Å². The summed E-state index contributed by atoms with van der Waals surface area (Å²) >= 11 is 0. The first-order chi connectivity index (χ1) is 8.05. The van der Waals surface area contributed by atoms with Crippen LogP contribution >= 0.6 is 7.75 Å². The van der Waals surface area contributed by atoms with Gasteiger partial charge in [-0.1, -0.05) is 12.1 Å². The highest BCUT2D eigenvalue weighted by Gasteiger charge is 2.47. The van der Waals surface area contributed by atoms with Crippen LogP contribution in [0.3, 0.4) is 0 Å². The third-order valence-corrected chi connectivity index (χ3v) is 4.26. The molecule has 2 amide bonds. The van der Waals surface area contributed by atoms with Crippen molar-refractivity contribution in [3.8, 4) is 0 Å². The molecule has 1 aromatic rings. The number of benzene rings is 1. The Morgan fingerprint density at radius 2 is 1.41 bits per heavy atom. The first kappa shape index (κ1) is 12.0. The number of hydrogen-bond acceptors (Lipinski definition) is 5. The van der Waals surface area contributed by atoms with Crippen LogP contribution in [-0.2, 0) is 13.6 Å². The van der Waals surface area contributed by atoms with Crippen molar-refractivity contribution in [2.75, 3.05) is 14.2 Å². The van der Waals surface area contributed by atoms with E-state index in [-0.39, 0.29) is 11.1 Å². The second-order valence-electron chi connectivity index (χ2n) is 3.30. The highest BCUT2D eigenvalue weighted by atomic mass is 31.2. The van der Waals surface area contributed by atoms with Crippen LogP contribution in [0.2, 0.25) is 0 Å². The number of amides is 2. The number of carbonyl (C=O) groups excluding carboxylic acids is 2. The Labute approximate surface area is 97.7 Å². The number of imide groups is 1. The maximum Gasteiger partial charge on any atom is 0.444 e. The van der Waals surface area contributed by atoms with Crippen LogP contribution in [0.15, 0.2) is 24.3 Å². The van der Waals surface area contributed by atoms with Crippen molar-refractivity contribution in [3.05, 3.63) is 35.4 Å². The molecule has 90 valence electrons. The Kier molecular flexibility index (Phi) is 2.87. The Bertz CT molecular complexity index is 498. The Hall–Kier alpha value is -1.49. The monoisotopic (exact) mass is 255 g/mol. The molecule has 0 atom stereocenters. The van der Waals surface area contributed by atoms with Crippen LogP contribution in [0.25, 0.3) is 0 Å². The molecule has 0 saturated carbocycles. The van der Waals surface area contributed by atoms with Crippen molar-refractivity contribution in [1.82, 2.24) is 4.67 Å². The van der Waals surface area contributed by atoms with E-state index in [1.165, 1.54) is 12.1 Å². The fraction of sp³-hybridized carbons (Fsp3) is 0.200. The molecule has 0 radical (unpaired) electrons. The molecule has 0 unspecified atom stereocenters. The molecule has 1 heterocycles. The summed E-state index contributed by atoms with van der Waals surface area (Å²) in [6, 6.07) is 6.23. The average molecular weight is 255 g/mol. The minimum Gasteiger partial charge on any atom is -0.295 e. The van der Waals surface area contributed by atoms with Crippen LogP contribution in [0.4, 0.5) is 0 Å². The van der Waals surface area contributed by atoms with Gasteiger partial charge in [0.2, 0.25) is 0 Å². The topological polar surface area (TPSA) is 72.9 Å². The highest BCUT2D eigenvalue weighted by Crippen LogP contribution is 2.53. The lowest BCUT2D eigenvalue weighted by molar-refractivity contribution is 0.0712. The summed E-state index contributed by atoms with van der Waals surface area (Å²) in [7, 11) is -1.65. The van der Waals surface area contributed by atoms with Gasteiger partial charge in [0.25, 0.3) is 11.8 Å². The Balaban J connectivity index is 2.54. The van der Waals surface area contributed by atoms with Crippen molar-refractivity contribution >= 4 is 19.6 Å². The zero-order valence-corrected chi connectivity index (χ0v) is 10.1. The van der Waals surface area contributed by atoms with Gasteiger partial charge in [-0.05, 0) is 12.1 Å². The van der Waals surface area contributed by atoms with E-state index in [0.29, 0.717) is 4.67 Å². The zero-order valence-electron chi connectivity index (χ0n) is 9.25. The van der Waals surface area contributed by atoms with Crippen molar-refractivity contribution in [2.24, 2.45) is 0 Å². The molecule has 0 spiro atoms. The van der Waals surface area contributed by atoms with E-state index in [0.717, 1.165) is 14.2 Å². The van der Waals surface area contributed by atoms with Gasteiger partial charge in [0, 0.05) is 14.2 Å². The van der Waals surface area contributed by atoms with Gasteiger partial charge in [0.15, 0.2) is 0 Å². The lowest BCUT2D eigenvalue weighted by Crippen LogP contribution is -2.27. The van der Waals surface area contributed by atoms with E-state index in [4.69, 9.17) is 0 Å². The quantitative estimate of drug-likeness (QED) is 0.607. The van der Waals surface area contributed by atoms with E-state index in [2.05, 4.69) is 9.05 Å². The van der Waals surface area contributed by atoms with E-state index in [1.54, 1.807) is 12.1 Å². The standard InChI is InChI=1S/C10H10NO5P/c1-15-17(14,16-2)11-9(12)7-5-3-4-6-8(7)10(11)13/h3-6H,1-2H3. The third-order valence-electron chi connectivity index (χ3n) is 2.48. The molecule has 0 N–H and O–H groups in total. The summed E-state index contributed by atoms with van der Waals surface area (Å²) in [4.78, 5) is 23.9. The number of nitrogens with zero attached hydrogens (tertiary/aromatic N) is 1. The molecule has 0 aliphatic carbocycles. The summed E-state index contributed by atoms with van der Waals surface area (Å²) in [6.45, 7) is 0. The second-order valence-corrected chi connectivity index (χ2v) is 5.37. The predicted octanol–water partition coefficient (Wildman–Crippen LogP) is 1.68. The summed E-state index contributed by atoms with van der Waals surface area (Å²) in [6.07, 6.45) is 0. The molecule has 2 rings (SSSR count). The molecular formula is C10H10NO5P. The van der Waals surface area contributed by atoms with Gasteiger partial charge in [0.05, 0.1) is 11.1 Å². The molecular weight excluding hydrogens is 245 g/mol. The zero-order chi connectivity index (χ0) is 12.6. The van der Waals surface area contributed by atoms with Gasteiger partial charge in [-0.3, -0.25) is 18.6 Å². The van der Waals surface area contributed by atoms with E-state index >= 15 is 0 Å². The van der Waals surface area contributed by atoms with Gasteiger partial charge in [-0.2, -0.15) is 4.67 Å². The van der Waals surface area contributed by atoms with E-state index in [9.17, 15) is 14.2 Å². The molecule has 0 saturated heterocycles. The fourth-order valence-electron chi connectivity index (χ4n) is 1.64. The van der Waals surface area contributed by atoms with Crippen LogP contribution in [0, 0.1) is 0 Å². The van der Waals surface area contributed by atoms with Gasteiger partial charge in [-0.15, -0.1) is 0 Å². The maximum atomic E-state index is 12.1. The maximum absolute atomic E-state index is 12.1. The average Bonchev–Trinajstić information content (AvgIpc) is 2.62. The van der Waals surface area contributed by atoms with Gasteiger partial charge in [0.1, 0.15) is 0 Å². The SMILES string of the molecule is COP(=O)(OC)N1C(=O)c2ccccc2C1=O. The predicted molar refractivity (Wildman–Crippen MR) is 58.6 cm³/mol. The van der Waals surface area contributed by atoms with Crippen LogP contribution in [0.5, 0.6) is 0 Å². The molecule has 0 fully saturated rings. The number of carbonyl (C=O) groups is 2. The Morgan fingerprint density at radius 3 is 1.76 bits per heavy atom. The summed E-state index contributed by atoms with van der Waals surface area (Å²) in [5.74, 6) is -1.34. The summed E-state index contributed by atoms with van der Waals surface area (Å²) < 4.78 is 21.9. The van der Waals surface area contributed by atoms with Crippen molar-refractivity contribution in [2.45, 2.75) is 0 Å². The molecule has 1 aromatic carbocycles. The summed E-state index contributed by atoms with van der Waals surface area (Å²) in [5.41, 5.74) is 0.402.